The molecule has 0 rings (SSSR count). The zero-order chi connectivity index (χ0) is 5.86. The number of methoxy groups -OCH3 is 1. The minimum absolute atomic E-state index is 0. The van der Waals surface area contributed by atoms with Crippen molar-refractivity contribution in [1.29, 1.82) is 0 Å². The smallest absolute Gasteiger partial charge is 0.417 e. The number of hydrogen-bond donors (Lipinski definition) is 1. The number of ether oxygens (including phenoxy) is 1. The van der Waals surface area contributed by atoms with E-state index in [1.54, 1.807) is 0 Å². The van der Waals surface area contributed by atoms with Gasteiger partial charge in [0.1, 0.15) is 0 Å². The Balaban J connectivity index is 0. The van der Waals surface area contributed by atoms with Crippen LogP contribution < -0.4 is 12.4 Å². The predicted octanol–water partition coefficient (Wildman–Crippen LogP) is -3.75. The summed E-state index contributed by atoms with van der Waals surface area (Å²) >= 11 is 0. The van der Waals surface area contributed by atoms with Crippen LogP contribution in [0, 0.1) is 0 Å². The number of carbonyl (C=O) groups is 2. The van der Waals surface area contributed by atoms with Crippen molar-refractivity contribution in [2.75, 3.05) is 7.11 Å². The summed E-state index contributed by atoms with van der Waals surface area (Å²) < 4.78 is 3.77. The molecule has 0 aliphatic rings. The molecule has 0 saturated heterocycles. The second kappa shape index (κ2) is 4.39. The molecule has 4 nitrogen and oxygen atoms in total. The van der Waals surface area contributed by atoms with Gasteiger partial charge >= 0.3 is 11.9 Å². The van der Waals surface area contributed by atoms with Crippen LogP contribution in [0.1, 0.15) is 0 Å². The van der Waals surface area contributed by atoms with Crippen LogP contribution >= 0.6 is 0 Å². The number of carbonyl (C=O) groups excluding carboxylic acids is 1. The lowest BCUT2D eigenvalue weighted by Crippen LogP contribution is -3.00. The van der Waals surface area contributed by atoms with E-state index >= 15 is 0 Å². The van der Waals surface area contributed by atoms with Crippen LogP contribution in [-0.2, 0) is 14.3 Å². The fourth-order valence-corrected chi connectivity index (χ4v) is 0.0873. The van der Waals surface area contributed by atoms with Crippen molar-refractivity contribution >= 4 is 11.9 Å². The van der Waals surface area contributed by atoms with E-state index in [2.05, 4.69) is 4.74 Å². The van der Waals surface area contributed by atoms with Gasteiger partial charge in [0.15, 0.2) is 0 Å². The number of halogens is 1. The predicted molar refractivity (Wildman–Crippen MR) is 19.7 cm³/mol. The summed E-state index contributed by atoms with van der Waals surface area (Å²) in [6, 6.07) is 0. The Bertz CT molecular complexity index is 99.5. The lowest BCUT2D eigenvalue weighted by molar-refractivity contribution is -0.161. The molecule has 0 amide bonds. The van der Waals surface area contributed by atoms with Crippen LogP contribution in [-0.4, -0.2) is 24.2 Å². The van der Waals surface area contributed by atoms with E-state index in [1.807, 2.05) is 0 Å². The molecular weight excluding hydrogens is 135 g/mol. The summed E-state index contributed by atoms with van der Waals surface area (Å²) in [5.41, 5.74) is 0. The van der Waals surface area contributed by atoms with Gasteiger partial charge in [-0.25, -0.2) is 9.59 Å². The fourth-order valence-electron chi connectivity index (χ4n) is 0.0873. The van der Waals surface area contributed by atoms with Crippen molar-refractivity contribution in [2.45, 2.75) is 0 Å². The van der Waals surface area contributed by atoms with Gasteiger partial charge in [-0.05, 0) is 0 Å². The summed E-state index contributed by atoms with van der Waals surface area (Å²) in [4.78, 5) is 19.1. The van der Waals surface area contributed by atoms with Crippen molar-refractivity contribution in [3.05, 3.63) is 0 Å². The van der Waals surface area contributed by atoms with Crippen molar-refractivity contribution in [1.82, 2.24) is 0 Å². The maximum absolute atomic E-state index is 9.69. The third kappa shape index (κ3) is 3.42. The maximum atomic E-state index is 9.69. The van der Waals surface area contributed by atoms with Crippen molar-refractivity contribution in [2.24, 2.45) is 0 Å². The summed E-state index contributed by atoms with van der Waals surface area (Å²) in [7, 11) is 1.01. The SMILES string of the molecule is COC(=O)C(=O)O.[Cl-]. The largest absolute Gasteiger partial charge is 1.00 e. The van der Waals surface area contributed by atoms with Crippen LogP contribution in [0.2, 0.25) is 0 Å². The highest BCUT2D eigenvalue weighted by Gasteiger charge is 2.08. The molecule has 0 aromatic heterocycles. The lowest BCUT2D eigenvalue weighted by Gasteiger charge is -1.85. The number of rotatable bonds is 0. The average molecular weight is 140 g/mol. The Morgan fingerprint density at radius 2 is 1.88 bits per heavy atom. The molecule has 0 unspecified atom stereocenters. The van der Waals surface area contributed by atoms with Crippen molar-refractivity contribution in [3.8, 4) is 0 Å². The number of carboxylic acids is 1. The second-order valence-electron chi connectivity index (χ2n) is 0.797. The van der Waals surface area contributed by atoms with E-state index < -0.39 is 11.9 Å². The normalized spacial score (nSPS) is 6.62. The first kappa shape index (κ1) is 10.3. The average Bonchev–Trinajstić information content (AvgIpc) is 1.65. The third-order valence-electron chi connectivity index (χ3n) is 0.360. The van der Waals surface area contributed by atoms with Gasteiger partial charge in [-0.2, -0.15) is 0 Å². The molecule has 0 radical (unpaired) electrons. The Hall–Kier alpha value is -0.770. The van der Waals surface area contributed by atoms with E-state index in [0.717, 1.165) is 7.11 Å². The molecule has 0 aromatic carbocycles. The van der Waals surface area contributed by atoms with Crippen LogP contribution in [0.5, 0.6) is 0 Å². The second-order valence-corrected chi connectivity index (χ2v) is 0.797. The zero-order valence-corrected chi connectivity index (χ0v) is 4.81. The highest BCUT2D eigenvalue weighted by molar-refractivity contribution is 6.28. The van der Waals surface area contributed by atoms with Crippen LogP contribution in [0.4, 0.5) is 0 Å². The van der Waals surface area contributed by atoms with Crippen LogP contribution in [0.25, 0.3) is 0 Å². The molecule has 0 spiro atoms. The Morgan fingerprint density at radius 3 is 1.88 bits per heavy atom. The molecule has 0 aliphatic heterocycles. The lowest BCUT2D eigenvalue weighted by atomic mass is 10.7. The first-order valence-electron chi connectivity index (χ1n) is 1.49. The number of carboxylic acid groups (broad SMARTS) is 1. The topological polar surface area (TPSA) is 63.6 Å². The first-order chi connectivity index (χ1) is 3.18. The maximum Gasteiger partial charge on any atom is 0.417 e. The van der Waals surface area contributed by atoms with Gasteiger partial charge in [0.25, 0.3) is 0 Å². The van der Waals surface area contributed by atoms with Crippen LogP contribution in [0.3, 0.4) is 0 Å². The number of hydrogen-bond acceptors (Lipinski definition) is 3. The van der Waals surface area contributed by atoms with Gasteiger partial charge in [-0.1, -0.05) is 0 Å². The molecule has 5 heteroatoms. The zero-order valence-electron chi connectivity index (χ0n) is 4.05. The van der Waals surface area contributed by atoms with Gasteiger partial charge < -0.3 is 22.3 Å². The molecular formula is C3H4ClO4-. The molecule has 0 heterocycles. The van der Waals surface area contributed by atoms with E-state index in [1.165, 1.54) is 0 Å². The van der Waals surface area contributed by atoms with Gasteiger partial charge in [0.2, 0.25) is 0 Å². The van der Waals surface area contributed by atoms with Gasteiger partial charge in [0, 0.05) is 0 Å². The van der Waals surface area contributed by atoms with Gasteiger partial charge in [0.05, 0.1) is 7.11 Å². The molecule has 0 bridgehead atoms. The molecule has 0 saturated carbocycles. The fraction of sp³-hybridized carbons (Fsp3) is 0.333. The minimum Gasteiger partial charge on any atom is -1.00 e. The minimum atomic E-state index is -1.57. The molecule has 8 heavy (non-hydrogen) atoms. The first-order valence-corrected chi connectivity index (χ1v) is 1.49. The highest BCUT2D eigenvalue weighted by Crippen LogP contribution is 1.68. The summed E-state index contributed by atoms with van der Waals surface area (Å²) in [5.74, 6) is -2.80. The van der Waals surface area contributed by atoms with Gasteiger partial charge in [-0.3, -0.25) is 0 Å². The van der Waals surface area contributed by atoms with E-state index in [0.29, 0.717) is 0 Å². The Labute approximate surface area is 51.9 Å². The van der Waals surface area contributed by atoms with Crippen molar-refractivity contribution in [3.63, 3.8) is 0 Å². The standard InChI is InChI=1S/C3H4O4.ClH/c1-7-3(6)2(4)5;/h1H3,(H,4,5);1H/p-1. The van der Waals surface area contributed by atoms with E-state index in [4.69, 9.17) is 5.11 Å². The summed E-state index contributed by atoms with van der Waals surface area (Å²) in [6.07, 6.45) is 0. The van der Waals surface area contributed by atoms with E-state index in [-0.39, 0.29) is 12.4 Å². The van der Waals surface area contributed by atoms with Crippen LogP contribution in [0.15, 0.2) is 0 Å². The number of esters is 1. The van der Waals surface area contributed by atoms with Gasteiger partial charge in [-0.15, -0.1) is 0 Å². The Morgan fingerprint density at radius 1 is 1.50 bits per heavy atom. The van der Waals surface area contributed by atoms with Crippen molar-refractivity contribution < 1.29 is 31.8 Å². The molecule has 0 atom stereocenters. The molecule has 0 fully saturated rings. The quantitative estimate of drug-likeness (QED) is 0.277. The summed E-state index contributed by atoms with van der Waals surface area (Å²) in [5, 5.41) is 7.71. The molecule has 0 aromatic rings. The molecule has 48 valence electrons. The van der Waals surface area contributed by atoms with E-state index in [9.17, 15) is 9.59 Å². The molecule has 1 N–H and O–H groups in total. The Kier molecular flexibility index (Phi) is 5.63. The highest BCUT2D eigenvalue weighted by atomic mass is 35.5. The monoisotopic (exact) mass is 139 g/mol. The molecule has 0 aliphatic carbocycles. The number of aliphatic carboxylic acids is 1. The summed E-state index contributed by atoms with van der Waals surface area (Å²) in [6.45, 7) is 0. The third-order valence-corrected chi connectivity index (χ3v) is 0.360.